The second-order valence-electron chi connectivity index (χ2n) is 4.11. The van der Waals surface area contributed by atoms with Crippen LogP contribution in [0.4, 0.5) is 13.2 Å². The van der Waals surface area contributed by atoms with Gasteiger partial charge in [-0.2, -0.15) is 4.39 Å². The third-order valence-electron chi connectivity index (χ3n) is 2.44. The zero-order valence-electron chi connectivity index (χ0n) is 9.27. The summed E-state index contributed by atoms with van der Waals surface area (Å²) in [7, 11) is 1.05. The lowest BCUT2D eigenvalue weighted by atomic mass is 9.85. The molecule has 1 aromatic carbocycles. The first kappa shape index (κ1) is 12.8. The van der Waals surface area contributed by atoms with E-state index in [1.807, 2.05) is 0 Å². The Morgan fingerprint density at radius 3 is 2.25 bits per heavy atom. The normalized spacial score (nSPS) is 11.7. The molecule has 0 bridgehead atoms. The third kappa shape index (κ3) is 2.00. The summed E-state index contributed by atoms with van der Waals surface area (Å²) in [5.41, 5.74) is -1.13. The minimum absolute atomic E-state index is 0.120. The quantitative estimate of drug-likeness (QED) is 0.814. The number of ether oxygens (including phenoxy) is 1. The number of hydrogen-bond acceptors (Lipinski definition) is 2. The molecule has 0 radical (unpaired) electrons. The molecule has 0 aliphatic heterocycles. The van der Waals surface area contributed by atoms with E-state index in [1.165, 1.54) is 13.8 Å². The lowest BCUT2D eigenvalue weighted by molar-refractivity contribution is 0.212. The summed E-state index contributed by atoms with van der Waals surface area (Å²) in [6.07, 6.45) is 0. The largest absolute Gasteiger partial charge is 0.491 e. The summed E-state index contributed by atoms with van der Waals surface area (Å²) in [6.45, 7) is 2.64. The van der Waals surface area contributed by atoms with Crippen molar-refractivity contribution in [1.82, 2.24) is 0 Å². The Bertz CT molecular complexity index is 403. The van der Waals surface area contributed by atoms with E-state index >= 15 is 0 Å². The van der Waals surface area contributed by atoms with Gasteiger partial charge in [-0.05, 0) is 6.07 Å². The summed E-state index contributed by atoms with van der Waals surface area (Å²) in [5, 5.41) is 9.07. The molecule has 0 heterocycles. The summed E-state index contributed by atoms with van der Waals surface area (Å²) < 4.78 is 44.5. The second kappa shape index (κ2) is 4.33. The summed E-state index contributed by atoms with van der Waals surface area (Å²) in [5.74, 6) is -4.32. The van der Waals surface area contributed by atoms with Crippen molar-refractivity contribution in [2.45, 2.75) is 19.3 Å². The fourth-order valence-electron chi connectivity index (χ4n) is 1.34. The molecule has 0 aliphatic carbocycles. The first-order chi connectivity index (χ1) is 7.35. The molecule has 0 spiro atoms. The maximum absolute atomic E-state index is 13.8. The lowest BCUT2D eigenvalue weighted by Crippen LogP contribution is -2.24. The molecule has 0 atom stereocenters. The molecular weight excluding hydrogens is 221 g/mol. The number of halogens is 3. The molecule has 0 saturated heterocycles. The van der Waals surface area contributed by atoms with Crippen molar-refractivity contribution in [3.63, 3.8) is 0 Å². The Morgan fingerprint density at radius 1 is 1.25 bits per heavy atom. The van der Waals surface area contributed by atoms with Crippen LogP contribution in [0.2, 0.25) is 0 Å². The lowest BCUT2D eigenvalue weighted by Gasteiger charge is -2.23. The Balaban J connectivity index is 3.49. The van der Waals surface area contributed by atoms with Crippen molar-refractivity contribution in [2.75, 3.05) is 13.7 Å². The Hall–Kier alpha value is -1.23. The topological polar surface area (TPSA) is 29.5 Å². The van der Waals surface area contributed by atoms with Crippen LogP contribution in [0.15, 0.2) is 6.07 Å². The molecule has 1 aromatic rings. The number of hydrogen-bond donors (Lipinski definition) is 1. The fraction of sp³-hybridized carbons (Fsp3) is 0.455. The molecule has 0 amide bonds. The van der Waals surface area contributed by atoms with Gasteiger partial charge in [0.15, 0.2) is 17.4 Å². The monoisotopic (exact) mass is 234 g/mol. The number of aliphatic hydroxyl groups excluding tert-OH is 1. The van der Waals surface area contributed by atoms with Crippen LogP contribution in [-0.4, -0.2) is 18.8 Å². The van der Waals surface area contributed by atoms with Gasteiger partial charge in [0.25, 0.3) is 0 Å². The van der Waals surface area contributed by atoms with Gasteiger partial charge in [0, 0.05) is 11.0 Å². The van der Waals surface area contributed by atoms with E-state index in [9.17, 15) is 13.2 Å². The summed E-state index contributed by atoms with van der Waals surface area (Å²) in [4.78, 5) is 0. The van der Waals surface area contributed by atoms with Crippen LogP contribution in [0.5, 0.6) is 5.75 Å². The van der Waals surface area contributed by atoms with Crippen molar-refractivity contribution < 1.29 is 23.0 Å². The van der Waals surface area contributed by atoms with Gasteiger partial charge in [-0.3, -0.25) is 0 Å². The number of benzene rings is 1. The first-order valence-electron chi connectivity index (χ1n) is 4.68. The predicted octanol–water partition coefficient (Wildman–Crippen LogP) is 2.38. The smallest absolute Gasteiger partial charge is 0.203 e. The number of methoxy groups -OCH3 is 1. The maximum Gasteiger partial charge on any atom is 0.203 e. The van der Waals surface area contributed by atoms with Gasteiger partial charge in [-0.25, -0.2) is 8.78 Å². The van der Waals surface area contributed by atoms with E-state index in [0.717, 1.165) is 13.2 Å². The summed E-state index contributed by atoms with van der Waals surface area (Å²) >= 11 is 0. The molecule has 1 N–H and O–H groups in total. The van der Waals surface area contributed by atoms with Crippen LogP contribution >= 0.6 is 0 Å². The first-order valence-corrected chi connectivity index (χ1v) is 4.68. The fourth-order valence-corrected chi connectivity index (χ4v) is 1.34. The molecule has 2 nitrogen and oxygen atoms in total. The molecular formula is C11H13F3O2. The Labute approximate surface area is 91.7 Å². The standard InChI is InChI=1S/C11H13F3O2/c1-11(2,5-15)6-4-7(12)9(14)10(16-3)8(6)13/h4,15H,5H2,1-3H3. The van der Waals surface area contributed by atoms with E-state index in [0.29, 0.717) is 0 Å². The minimum Gasteiger partial charge on any atom is -0.491 e. The van der Waals surface area contributed by atoms with Gasteiger partial charge in [0.2, 0.25) is 5.82 Å². The molecule has 16 heavy (non-hydrogen) atoms. The van der Waals surface area contributed by atoms with Crippen molar-refractivity contribution in [2.24, 2.45) is 0 Å². The SMILES string of the molecule is COc1c(F)c(F)cc(C(C)(C)CO)c1F. The van der Waals surface area contributed by atoms with Gasteiger partial charge >= 0.3 is 0 Å². The zero-order chi connectivity index (χ0) is 12.5. The zero-order valence-corrected chi connectivity index (χ0v) is 9.27. The molecule has 0 aromatic heterocycles. The van der Waals surface area contributed by atoms with E-state index in [-0.39, 0.29) is 5.56 Å². The molecule has 5 heteroatoms. The van der Waals surface area contributed by atoms with Crippen molar-refractivity contribution in [3.05, 3.63) is 29.1 Å². The van der Waals surface area contributed by atoms with Gasteiger partial charge in [-0.1, -0.05) is 13.8 Å². The van der Waals surface area contributed by atoms with Crippen LogP contribution in [0.3, 0.4) is 0 Å². The number of aliphatic hydroxyl groups is 1. The Kier molecular flexibility index (Phi) is 3.48. The average Bonchev–Trinajstić information content (AvgIpc) is 2.24. The number of rotatable bonds is 3. The minimum atomic E-state index is -1.36. The molecule has 1 rings (SSSR count). The molecule has 0 fully saturated rings. The van der Waals surface area contributed by atoms with Crippen molar-refractivity contribution >= 4 is 0 Å². The van der Waals surface area contributed by atoms with Crippen LogP contribution in [0.1, 0.15) is 19.4 Å². The van der Waals surface area contributed by atoms with E-state index in [4.69, 9.17) is 5.11 Å². The van der Waals surface area contributed by atoms with Crippen LogP contribution in [0, 0.1) is 17.5 Å². The van der Waals surface area contributed by atoms with E-state index in [1.54, 1.807) is 0 Å². The third-order valence-corrected chi connectivity index (χ3v) is 2.44. The highest BCUT2D eigenvalue weighted by Crippen LogP contribution is 2.33. The van der Waals surface area contributed by atoms with Gasteiger partial charge < -0.3 is 9.84 Å². The van der Waals surface area contributed by atoms with Crippen LogP contribution in [-0.2, 0) is 5.41 Å². The van der Waals surface area contributed by atoms with Crippen molar-refractivity contribution in [3.8, 4) is 5.75 Å². The second-order valence-corrected chi connectivity index (χ2v) is 4.11. The van der Waals surface area contributed by atoms with E-state index in [2.05, 4.69) is 4.74 Å². The highest BCUT2D eigenvalue weighted by atomic mass is 19.2. The molecule has 0 saturated carbocycles. The van der Waals surface area contributed by atoms with Crippen LogP contribution < -0.4 is 4.74 Å². The highest BCUT2D eigenvalue weighted by molar-refractivity contribution is 5.37. The van der Waals surface area contributed by atoms with E-state index < -0.39 is 35.2 Å². The molecule has 0 unspecified atom stereocenters. The summed E-state index contributed by atoms with van der Waals surface area (Å²) in [6, 6.07) is 0.739. The molecule has 90 valence electrons. The van der Waals surface area contributed by atoms with Crippen LogP contribution in [0.25, 0.3) is 0 Å². The Morgan fingerprint density at radius 2 is 1.81 bits per heavy atom. The van der Waals surface area contributed by atoms with Gasteiger partial charge in [-0.15, -0.1) is 0 Å². The average molecular weight is 234 g/mol. The predicted molar refractivity (Wildman–Crippen MR) is 53.0 cm³/mol. The highest BCUT2D eigenvalue weighted by Gasteiger charge is 2.29. The van der Waals surface area contributed by atoms with Gasteiger partial charge in [0.1, 0.15) is 0 Å². The maximum atomic E-state index is 13.8. The molecule has 0 aliphatic rings. The van der Waals surface area contributed by atoms with Gasteiger partial charge in [0.05, 0.1) is 13.7 Å². The van der Waals surface area contributed by atoms with Crippen molar-refractivity contribution in [1.29, 1.82) is 0 Å².